The van der Waals surface area contributed by atoms with E-state index in [0.29, 0.717) is 29.0 Å². The Labute approximate surface area is 175 Å². The highest BCUT2D eigenvalue weighted by Gasteiger charge is 2.20. The van der Waals surface area contributed by atoms with Gasteiger partial charge in [-0.2, -0.15) is 0 Å². The number of nitrogens with two attached hydrogens (primary N) is 1. The minimum atomic E-state index is -0.812. The Kier molecular flexibility index (Phi) is 6.56. The molecule has 0 radical (unpaired) electrons. The molecule has 3 N–H and O–H groups in total. The number of carbonyl (C=O) groups excluding carboxylic acids is 1. The molecule has 9 nitrogen and oxygen atoms in total. The van der Waals surface area contributed by atoms with Crippen molar-refractivity contribution in [2.24, 2.45) is 0 Å². The number of fused-ring (bicyclic) bond motifs is 1. The quantitative estimate of drug-likeness (QED) is 0.316. The van der Waals surface area contributed by atoms with Gasteiger partial charge < -0.3 is 5.73 Å². The molecule has 2 heterocycles. The Balaban J connectivity index is 1.97. The minimum Gasteiger partial charge on any atom is -0.384 e. The lowest BCUT2D eigenvalue weighted by molar-refractivity contribution is 0.102. The zero-order valence-electron chi connectivity index (χ0n) is 16.8. The number of para-hydroxylation sites is 1. The van der Waals surface area contributed by atoms with Crippen LogP contribution in [0.15, 0.2) is 43.8 Å². The van der Waals surface area contributed by atoms with Crippen LogP contribution >= 0.6 is 11.8 Å². The van der Waals surface area contributed by atoms with Gasteiger partial charge in [0.15, 0.2) is 10.9 Å². The minimum absolute atomic E-state index is 0.145. The summed E-state index contributed by atoms with van der Waals surface area (Å²) in [6.45, 7) is 4.54. The molecular formula is C20H23N5O4S. The number of nitrogens with zero attached hydrogens (tertiary/aromatic N) is 3. The fourth-order valence-corrected chi connectivity index (χ4v) is 4.08. The Morgan fingerprint density at radius 3 is 2.47 bits per heavy atom. The number of aromatic nitrogens is 4. The molecule has 0 bridgehead atoms. The van der Waals surface area contributed by atoms with Gasteiger partial charge in [-0.3, -0.25) is 28.5 Å². The Morgan fingerprint density at radius 1 is 1.10 bits per heavy atom. The van der Waals surface area contributed by atoms with Crippen LogP contribution in [0.25, 0.3) is 10.9 Å². The number of nitrogens with one attached hydrogen (secondary N) is 1. The average molecular weight is 430 g/mol. The van der Waals surface area contributed by atoms with Crippen LogP contribution < -0.4 is 22.5 Å². The van der Waals surface area contributed by atoms with Gasteiger partial charge >= 0.3 is 5.69 Å². The second-order valence-electron chi connectivity index (χ2n) is 6.75. The Morgan fingerprint density at radius 2 is 1.77 bits per heavy atom. The predicted molar refractivity (Wildman–Crippen MR) is 117 cm³/mol. The number of ketones is 1. The van der Waals surface area contributed by atoms with Crippen LogP contribution in [-0.4, -0.2) is 30.6 Å². The summed E-state index contributed by atoms with van der Waals surface area (Å²) in [5, 5.41) is 0.903. The number of anilines is 1. The summed E-state index contributed by atoms with van der Waals surface area (Å²) in [7, 11) is 0. The van der Waals surface area contributed by atoms with Gasteiger partial charge in [0.25, 0.3) is 11.1 Å². The van der Waals surface area contributed by atoms with Gasteiger partial charge in [0.1, 0.15) is 11.4 Å². The number of aromatic amines is 1. The van der Waals surface area contributed by atoms with Gasteiger partial charge in [-0.25, -0.2) is 9.78 Å². The second-order valence-corrected chi connectivity index (χ2v) is 7.69. The number of benzene rings is 1. The molecule has 158 valence electrons. The molecule has 0 aliphatic heterocycles. The maximum atomic E-state index is 12.8. The average Bonchev–Trinajstić information content (AvgIpc) is 2.72. The third kappa shape index (κ3) is 4.09. The lowest BCUT2D eigenvalue weighted by Gasteiger charge is -2.13. The van der Waals surface area contributed by atoms with Crippen molar-refractivity contribution in [3.8, 4) is 0 Å². The smallest absolute Gasteiger partial charge is 0.329 e. The van der Waals surface area contributed by atoms with E-state index in [-0.39, 0.29) is 29.2 Å². The van der Waals surface area contributed by atoms with Crippen molar-refractivity contribution in [1.29, 1.82) is 0 Å². The number of Topliss-reactive ketones (excluding diaryl/α,β-unsaturated/α-hetero) is 1. The van der Waals surface area contributed by atoms with Crippen molar-refractivity contribution in [3.05, 3.63) is 61.0 Å². The van der Waals surface area contributed by atoms with E-state index in [1.54, 1.807) is 24.3 Å². The number of hydrogen-bond donors (Lipinski definition) is 2. The maximum Gasteiger partial charge on any atom is 0.329 e. The molecule has 0 unspecified atom stereocenters. The molecular weight excluding hydrogens is 406 g/mol. The fourth-order valence-electron chi connectivity index (χ4n) is 3.18. The first-order valence-corrected chi connectivity index (χ1v) is 10.7. The third-order valence-corrected chi connectivity index (χ3v) is 5.55. The molecule has 0 fully saturated rings. The SMILES string of the molecule is CCCn1c(N)c(C(=O)CSc2nc3ccccc3c(=O)n2CCC)c(=O)[nH]c1=O. The Hall–Kier alpha value is -3.14. The third-order valence-electron chi connectivity index (χ3n) is 4.57. The van der Waals surface area contributed by atoms with E-state index in [0.717, 1.165) is 18.2 Å². The van der Waals surface area contributed by atoms with Crippen molar-refractivity contribution >= 4 is 34.3 Å². The molecule has 3 aromatic rings. The van der Waals surface area contributed by atoms with Crippen molar-refractivity contribution < 1.29 is 4.79 Å². The molecule has 2 aromatic heterocycles. The van der Waals surface area contributed by atoms with Gasteiger partial charge in [0.2, 0.25) is 0 Å². The summed E-state index contributed by atoms with van der Waals surface area (Å²) in [6.07, 6.45) is 1.33. The number of carbonyl (C=O) groups is 1. The Bertz CT molecular complexity index is 1270. The first-order valence-electron chi connectivity index (χ1n) is 9.67. The number of thioether (sulfide) groups is 1. The van der Waals surface area contributed by atoms with Crippen molar-refractivity contribution in [2.75, 3.05) is 11.5 Å². The van der Waals surface area contributed by atoms with Gasteiger partial charge in [0.05, 0.1) is 16.7 Å². The van der Waals surface area contributed by atoms with Crippen LogP contribution in [0, 0.1) is 0 Å². The van der Waals surface area contributed by atoms with E-state index in [4.69, 9.17) is 5.73 Å². The fraction of sp³-hybridized carbons (Fsp3) is 0.350. The highest BCUT2D eigenvalue weighted by molar-refractivity contribution is 7.99. The van der Waals surface area contributed by atoms with E-state index in [1.807, 2.05) is 13.8 Å². The van der Waals surface area contributed by atoms with Gasteiger partial charge in [0, 0.05) is 13.1 Å². The van der Waals surface area contributed by atoms with Crippen LogP contribution in [-0.2, 0) is 13.1 Å². The van der Waals surface area contributed by atoms with E-state index < -0.39 is 17.0 Å². The maximum absolute atomic E-state index is 12.8. The molecule has 1 aromatic carbocycles. The largest absolute Gasteiger partial charge is 0.384 e. The summed E-state index contributed by atoms with van der Waals surface area (Å²) in [5.74, 6) is -0.825. The highest BCUT2D eigenvalue weighted by atomic mass is 32.2. The van der Waals surface area contributed by atoms with Gasteiger partial charge in [-0.15, -0.1) is 0 Å². The molecule has 0 amide bonds. The molecule has 0 aliphatic rings. The van der Waals surface area contributed by atoms with Crippen molar-refractivity contribution in [2.45, 2.75) is 44.9 Å². The number of nitrogen functional groups attached to an aromatic ring is 1. The van der Waals surface area contributed by atoms with Crippen LogP contribution in [0.1, 0.15) is 37.0 Å². The van der Waals surface area contributed by atoms with Crippen LogP contribution in [0.4, 0.5) is 5.82 Å². The summed E-state index contributed by atoms with van der Waals surface area (Å²) in [4.78, 5) is 56.5. The first-order chi connectivity index (χ1) is 14.4. The first kappa shape index (κ1) is 21.6. The predicted octanol–water partition coefficient (Wildman–Crippen LogP) is 1.62. The van der Waals surface area contributed by atoms with Gasteiger partial charge in [-0.1, -0.05) is 37.7 Å². The number of rotatable bonds is 8. The molecule has 3 rings (SSSR count). The summed E-state index contributed by atoms with van der Waals surface area (Å²) in [6, 6.07) is 7.02. The molecule has 0 atom stereocenters. The zero-order valence-corrected chi connectivity index (χ0v) is 17.6. The standard InChI is InChI=1S/C20H23N5O4S/c1-3-9-24-16(21)15(17(27)23-19(24)29)14(26)11-30-20-22-13-8-6-5-7-12(13)18(28)25(20)10-4-2/h5-8H,3-4,9-11,21H2,1-2H3,(H,23,27,29). The van der Waals surface area contributed by atoms with E-state index in [2.05, 4.69) is 9.97 Å². The second kappa shape index (κ2) is 9.12. The normalized spacial score (nSPS) is 11.1. The van der Waals surface area contributed by atoms with Crippen molar-refractivity contribution in [3.63, 3.8) is 0 Å². The summed E-state index contributed by atoms with van der Waals surface area (Å²) < 4.78 is 2.71. The molecule has 0 aliphatic carbocycles. The van der Waals surface area contributed by atoms with Crippen LogP contribution in [0.2, 0.25) is 0 Å². The topological polar surface area (TPSA) is 133 Å². The number of hydrogen-bond acceptors (Lipinski definition) is 7. The van der Waals surface area contributed by atoms with E-state index in [9.17, 15) is 19.2 Å². The molecule has 0 saturated heterocycles. The molecule has 0 saturated carbocycles. The monoisotopic (exact) mass is 429 g/mol. The summed E-state index contributed by atoms with van der Waals surface area (Å²) >= 11 is 1.07. The van der Waals surface area contributed by atoms with Crippen LogP contribution in [0.3, 0.4) is 0 Å². The molecule has 30 heavy (non-hydrogen) atoms. The lowest BCUT2D eigenvalue weighted by Crippen LogP contribution is -2.36. The van der Waals surface area contributed by atoms with Gasteiger partial charge in [-0.05, 0) is 25.0 Å². The zero-order chi connectivity index (χ0) is 21.8. The highest BCUT2D eigenvalue weighted by Crippen LogP contribution is 2.20. The lowest BCUT2D eigenvalue weighted by atomic mass is 10.2. The summed E-state index contributed by atoms with van der Waals surface area (Å²) in [5.41, 5.74) is 4.62. The molecule has 0 spiro atoms. The van der Waals surface area contributed by atoms with Crippen LogP contribution in [0.5, 0.6) is 0 Å². The van der Waals surface area contributed by atoms with E-state index in [1.165, 1.54) is 9.13 Å². The van der Waals surface area contributed by atoms with E-state index >= 15 is 0 Å². The number of H-pyrrole nitrogens is 1. The van der Waals surface area contributed by atoms with Crippen molar-refractivity contribution in [1.82, 2.24) is 19.1 Å². The molecule has 10 heteroatoms.